The maximum absolute atomic E-state index is 14.1. The lowest BCUT2D eigenvalue weighted by Gasteiger charge is -2.36. The Hall–Kier alpha value is -2.65. The van der Waals surface area contributed by atoms with E-state index in [1.807, 2.05) is 10.3 Å². The lowest BCUT2D eigenvalue weighted by atomic mass is 9.93. The van der Waals surface area contributed by atoms with Crippen molar-refractivity contribution in [2.75, 3.05) is 27.2 Å². The molecule has 1 atom stereocenters. The SMILES string of the molecule is COC(=O)C1=C(C)N=C2SC=C(CC(=O)NC3CCN(C)CC3)N2[C@H]1c1cccc(F)c1. The van der Waals surface area contributed by atoms with Crippen LogP contribution in [0, 0.1) is 5.82 Å². The second kappa shape index (κ2) is 9.46. The average molecular weight is 459 g/mol. The fourth-order valence-electron chi connectivity index (χ4n) is 4.33. The molecule has 7 nitrogen and oxygen atoms in total. The number of aliphatic imine (C=N–C) groups is 1. The number of amides is 1. The summed E-state index contributed by atoms with van der Waals surface area (Å²) >= 11 is 1.40. The van der Waals surface area contributed by atoms with Crippen LogP contribution in [0.2, 0.25) is 0 Å². The Bertz CT molecular complexity index is 1010. The number of ether oxygens (including phenoxy) is 1. The quantitative estimate of drug-likeness (QED) is 0.684. The highest BCUT2D eigenvalue weighted by Crippen LogP contribution is 2.44. The maximum Gasteiger partial charge on any atom is 0.338 e. The molecule has 0 spiro atoms. The molecule has 0 radical (unpaired) electrons. The highest BCUT2D eigenvalue weighted by Gasteiger charge is 2.41. The monoisotopic (exact) mass is 458 g/mol. The molecule has 32 heavy (non-hydrogen) atoms. The molecule has 9 heteroatoms. The van der Waals surface area contributed by atoms with E-state index in [1.54, 1.807) is 19.1 Å². The first-order chi connectivity index (χ1) is 15.4. The third-order valence-electron chi connectivity index (χ3n) is 6.00. The molecule has 1 amide bonds. The van der Waals surface area contributed by atoms with Crippen LogP contribution in [-0.2, 0) is 14.3 Å². The number of piperidine rings is 1. The molecule has 0 saturated carbocycles. The number of esters is 1. The summed E-state index contributed by atoms with van der Waals surface area (Å²) in [5.41, 5.74) is 2.19. The van der Waals surface area contributed by atoms with E-state index in [-0.39, 0.29) is 18.4 Å². The average Bonchev–Trinajstić information content (AvgIpc) is 3.15. The van der Waals surface area contributed by atoms with Crippen molar-refractivity contribution in [1.29, 1.82) is 0 Å². The summed E-state index contributed by atoms with van der Waals surface area (Å²) in [4.78, 5) is 34.2. The van der Waals surface area contributed by atoms with Gasteiger partial charge in [0, 0.05) is 11.7 Å². The van der Waals surface area contributed by atoms with Crippen LogP contribution in [0.5, 0.6) is 0 Å². The molecule has 0 aliphatic carbocycles. The third-order valence-corrected chi connectivity index (χ3v) is 6.88. The summed E-state index contributed by atoms with van der Waals surface area (Å²) in [6, 6.07) is 5.69. The van der Waals surface area contributed by atoms with E-state index in [4.69, 9.17) is 4.74 Å². The van der Waals surface area contributed by atoms with Gasteiger partial charge in [-0.1, -0.05) is 23.9 Å². The normalized spacial score (nSPS) is 21.8. The minimum absolute atomic E-state index is 0.0726. The molecule has 1 N–H and O–H groups in total. The second-order valence-corrected chi connectivity index (χ2v) is 9.10. The van der Waals surface area contributed by atoms with Gasteiger partial charge in [-0.05, 0) is 63.0 Å². The molecule has 0 aromatic heterocycles. The summed E-state index contributed by atoms with van der Waals surface area (Å²) in [7, 11) is 3.39. The Balaban J connectivity index is 1.60. The van der Waals surface area contributed by atoms with Gasteiger partial charge in [0.15, 0.2) is 5.17 Å². The standard InChI is InChI=1S/C23H27FN4O3S/c1-14-20(22(30)31-3)21(15-5-4-6-16(24)11-15)28-18(13-32-23(28)25-14)12-19(29)26-17-7-9-27(2)10-8-17/h4-6,11,13,17,21H,7-10,12H2,1-3H3,(H,26,29)/t21-/m0/s1. The maximum atomic E-state index is 14.1. The van der Waals surface area contributed by atoms with Gasteiger partial charge in [0.2, 0.25) is 5.91 Å². The number of halogens is 1. The minimum Gasteiger partial charge on any atom is -0.466 e. The lowest BCUT2D eigenvalue weighted by molar-refractivity contribution is -0.136. The van der Waals surface area contributed by atoms with Crippen molar-refractivity contribution >= 4 is 28.8 Å². The first-order valence-corrected chi connectivity index (χ1v) is 11.5. The summed E-state index contributed by atoms with van der Waals surface area (Å²) in [6.45, 7) is 3.66. The number of likely N-dealkylation sites (tertiary alicyclic amines) is 1. The highest BCUT2D eigenvalue weighted by molar-refractivity contribution is 8.16. The largest absolute Gasteiger partial charge is 0.466 e. The Kier molecular flexibility index (Phi) is 6.66. The molecule has 170 valence electrons. The topological polar surface area (TPSA) is 74.2 Å². The fourth-order valence-corrected chi connectivity index (χ4v) is 5.29. The van der Waals surface area contributed by atoms with Gasteiger partial charge < -0.3 is 19.9 Å². The van der Waals surface area contributed by atoms with Crippen molar-refractivity contribution in [1.82, 2.24) is 15.1 Å². The van der Waals surface area contributed by atoms with Crippen LogP contribution in [0.4, 0.5) is 4.39 Å². The molecule has 0 unspecified atom stereocenters. The number of thioether (sulfide) groups is 1. The molecular formula is C23H27FN4O3S. The van der Waals surface area contributed by atoms with Crippen molar-refractivity contribution in [3.8, 4) is 0 Å². The number of nitrogens with zero attached hydrogens (tertiary/aromatic N) is 3. The molecule has 3 aliphatic rings. The van der Waals surface area contributed by atoms with E-state index in [0.717, 1.165) is 31.6 Å². The van der Waals surface area contributed by atoms with E-state index >= 15 is 0 Å². The number of rotatable bonds is 5. The zero-order valence-electron chi connectivity index (χ0n) is 18.4. The lowest BCUT2D eigenvalue weighted by Crippen LogP contribution is -2.44. The molecule has 0 bridgehead atoms. The van der Waals surface area contributed by atoms with Crippen molar-refractivity contribution in [3.05, 3.63) is 58.0 Å². The van der Waals surface area contributed by atoms with Crippen molar-refractivity contribution in [2.24, 2.45) is 4.99 Å². The smallest absolute Gasteiger partial charge is 0.338 e. The van der Waals surface area contributed by atoms with Crippen molar-refractivity contribution < 1.29 is 18.7 Å². The van der Waals surface area contributed by atoms with Gasteiger partial charge in [-0.25, -0.2) is 14.2 Å². The number of hydrogen-bond acceptors (Lipinski definition) is 7. The number of allylic oxidation sites excluding steroid dienone is 1. The van der Waals surface area contributed by atoms with Gasteiger partial charge in [0.05, 0.1) is 30.8 Å². The zero-order chi connectivity index (χ0) is 22.8. The molecule has 1 saturated heterocycles. The van der Waals surface area contributed by atoms with E-state index in [2.05, 4.69) is 22.3 Å². The first kappa shape index (κ1) is 22.5. The van der Waals surface area contributed by atoms with Gasteiger partial charge in [-0.2, -0.15) is 0 Å². The van der Waals surface area contributed by atoms with Gasteiger partial charge in [0.25, 0.3) is 0 Å². The minimum atomic E-state index is -0.622. The molecule has 1 fully saturated rings. The summed E-state index contributed by atoms with van der Waals surface area (Å²) in [5.74, 6) is -0.992. The number of nitrogens with one attached hydrogen (secondary N) is 1. The van der Waals surface area contributed by atoms with Gasteiger partial charge >= 0.3 is 5.97 Å². The molecule has 1 aromatic carbocycles. The van der Waals surface area contributed by atoms with Crippen LogP contribution in [0.1, 0.15) is 37.8 Å². The molecule has 1 aromatic rings. The number of hydrogen-bond donors (Lipinski definition) is 1. The molecule has 3 aliphatic heterocycles. The van der Waals surface area contributed by atoms with Gasteiger partial charge in [-0.15, -0.1) is 0 Å². The van der Waals surface area contributed by atoms with E-state index in [1.165, 1.54) is 31.0 Å². The Morgan fingerprint density at radius 3 is 2.75 bits per heavy atom. The van der Waals surface area contributed by atoms with Crippen LogP contribution in [0.25, 0.3) is 0 Å². The Morgan fingerprint density at radius 2 is 2.06 bits per heavy atom. The molecular weight excluding hydrogens is 431 g/mol. The summed E-state index contributed by atoms with van der Waals surface area (Å²) < 4.78 is 19.1. The molecule has 3 heterocycles. The fraction of sp³-hybridized carbons (Fsp3) is 0.435. The predicted octanol–water partition coefficient (Wildman–Crippen LogP) is 3.17. The van der Waals surface area contributed by atoms with Crippen molar-refractivity contribution in [3.63, 3.8) is 0 Å². The number of carbonyl (C=O) groups is 2. The number of carbonyl (C=O) groups excluding carboxylic acids is 2. The second-order valence-electron chi connectivity index (χ2n) is 8.26. The summed E-state index contributed by atoms with van der Waals surface area (Å²) in [6.07, 6.45) is 2.00. The van der Waals surface area contributed by atoms with Crippen molar-refractivity contribution in [2.45, 2.75) is 38.3 Å². The Labute approximate surface area is 191 Å². The zero-order valence-corrected chi connectivity index (χ0v) is 19.2. The number of amidine groups is 1. The van der Waals surface area contributed by atoms with E-state index < -0.39 is 17.8 Å². The first-order valence-electron chi connectivity index (χ1n) is 10.6. The summed E-state index contributed by atoms with van der Waals surface area (Å²) in [5, 5.41) is 5.67. The number of fused-ring (bicyclic) bond motifs is 1. The number of methoxy groups -OCH3 is 1. The predicted molar refractivity (Wildman–Crippen MR) is 122 cm³/mol. The van der Waals surface area contributed by atoms with Crippen LogP contribution in [0.3, 0.4) is 0 Å². The van der Waals surface area contributed by atoms with Gasteiger partial charge in [0.1, 0.15) is 5.82 Å². The van der Waals surface area contributed by atoms with E-state index in [0.29, 0.717) is 22.0 Å². The van der Waals surface area contributed by atoms with Crippen LogP contribution in [-0.4, -0.2) is 60.1 Å². The third kappa shape index (κ3) is 4.59. The highest BCUT2D eigenvalue weighted by atomic mass is 32.2. The van der Waals surface area contributed by atoms with E-state index in [9.17, 15) is 14.0 Å². The van der Waals surface area contributed by atoms with Crippen LogP contribution < -0.4 is 5.32 Å². The Morgan fingerprint density at radius 1 is 1.31 bits per heavy atom. The van der Waals surface area contributed by atoms with Crippen LogP contribution in [0.15, 0.2) is 51.6 Å². The number of benzene rings is 1. The molecule has 4 rings (SSSR count). The van der Waals surface area contributed by atoms with Crippen LogP contribution >= 0.6 is 11.8 Å². The van der Waals surface area contributed by atoms with Gasteiger partial charge in [-0.3, -0.25) is 4.79 Å².